The lowest BCUT2D eigenvalue weighted by molar-refractivity contribution is 0.673. The molecule has 0 saturated carbocycles. The second-order valence-electron chi connectivity index (χ2n) is 13.3. The Bertz CT molecular complexity index is 2870. The Morgan fingerprint density at radius 1 is 0.327 bits per heavy atom. The Morgan fingerprint density at radius 2 is 0.827 bits per heavy atom. The summed E-state index contributed by atoms with van der Waals surface area (Å²) in [5.41, 5.74) is 12.3. The third kappa shape index (κ3) is 5.04. The summed E-state index contributed by atoms with van der Waals surface area (Å²) in [7, 11) is 0. The van der Waals surface area contributed by atoms with Crippen LogP contribution >= 0.6 is 0 Å². The molecule has 10 aromatic rings. The number of rotatable bonds is 6. The van der Waals surface area contributed by atoms with Gasteiger partial charge in [0, 0.05) is 38.8 Å². The van der Waals surface area contributed by atoms with Gasteiger partial charge in [0.1, 0.15) is 11.2 Å². The second-order valence-corrected chi connectivity index (χ2v) is 13.3. The minimum absolute atomic E-state index is 0.900. The van der Waals surface area contributed by atoms with Gasteiger partial charge in [-0.2, -0.15) is 0 Å². The quantitative estimate of drug-likeness (QED) is 0.176. The number of hydrogen-bond acceptors (Lipinski definition) is 2. The molecule has 244 valence electrons. The smallest absolute Gasteiger partial charge is 0.143 e. The van der Waals surface area contributed by atoms with E-state index in [1.807, 2.05) is 6.07 Å². The molecule has 2 heteroatoms. The maximum atomic E-state index is 6.63. The number of hydrogen-bond donors (Lipinski definition) is 0. The zero-order valence-electron chi connectivity index (χ0n) is 28.4. The Labute approximate surface area is 302 Å². The third-order valence-corrected chi connectivity index (χ3v) is 10.2. The molecular formula is C50H33NO. The topological polar surface area (TPSA) is 16.4 Å². The molecule has 1 heterocycles. The first-order chi connectivity index (χ1) is 25.8. The molecule has 0 amide bonds. The van der Waals surface area contributed by atoms with Crippen LogP contribution < -0.4 is 4.90 Å². The summed E-state index contributed by atoms with van der Waals surface area (Å²) in [6.07, 6.45) is 0. The van der Waals surface area contributed by atoms with E-state index in [0.29, 0.717) is 0 Å². The van der Waals surface area contributed by atoms with Crippen molar-refractivity contribution in [1.29, 1.82) is 0 Å². The summed E-state index contributed by atoms with van der Waals surface area (Å²) < 4.78 is 6.63. The van der Waals surface area contributed by atoms with E-state index in [9.17, 15) is 0 Å². The van der Waals surface area contributed by atoms with E-state index >= 15 is 0 Å². The fourth-order valence-corrected chi connectivity index (χ4v) is 7.81. The Hall–Kier alpha value is -6.90. The summed E-state index contributed by atoms with van der Waals surface area (Å²) in [5.74, 6) is 0. The van der Waals surface area contributed by atoms with Gasteiger partial charge in [0.25, 0.3) is 0 Å². The van der Waals surface area contributed by atoms with E-state index in [2.05, 4.69) is 199 Å². The van der Waals surface area contributed by atoms with Crippen molar-refractivity contribution in [2.24, 2.45) is 0 Å². The van der Waals surface area contributed by atoms with Gasteiger partial charge in [-0.3, -0.25) is 0 Å². The number of benzene rings is 9. The van der Waals surface area contributed by atoms with Crippen LogP contribution in [0, 0.1) is 0 Å². The Morgan fingerprint density at radius 3 is 1.54 bits per heavy atom. The van der Waals surface area contributed by atoms with Crippen molar-refractivity contribution in [3.8, 4) is 33.4 Å². The van der Waals surface area contributed by atoms with E-state index in [1.54, 1.807) is 0 Å². The lowest BCUT2D eigenvalue weighted by atomic mass is 9.86. The normalized spacial score (nSPS) is 11.5. The molecule has 0 N–H and O–H groups in total. The molecule has 0 radical (unpaired) electrons. The fraction of sp³-hybridized carbons (Fsp3) is 0. The van der Waals surface area contributed by atoms with Gasteiger partial charge < -0.3 is 9.32 Å². The zero-order valence-corrected chi connectivity index (χ0v) is 28.4. The Kier molecular flexibility index (Phi) is 7.18. The van der Waals surface area contributed by atoms with Gasteiger partial charge in [-0.15, -0.1) is 0 Å². The summed E-state index contributed by atoms with van der Waals surface area (Å²) >= 11 is 0. The third-order valence-electron chi connectivity index (χ3n) is 10.2. The summed E-state index contributed by atoms with van der Waals surface area (Å²) in [6, 6.07) is 71.6. The molecule has 0 bridgehead atoms. The molecule has 0 spiro atoms. The molecule has 0 atom stereocenters. The van der Waals surface area contributed by atoms with Gasteiger partial charge in [0.05, 0.1) is 0 Å². The molecule has 0 aliphatic rings. The summed E-state index contributed by atoms with van der Waals surface area (Å²) in [5, 5.41) is 7.00. The molecule has 0 unspecified atom stereocenters. The van der Waals surface area contributed by atoms with Gasteiger partial charge in [0.2, 0.25) is 0 Å². The number of nitrogens with zero attached hydrogens (tertiary/aromatic N) is 1. The van der Waals surface area contributed by atoms with Gasteiger partial charge in [0.15, 0.2) is 0 Å². The minimum atomic E-state index is 0.900. The van der Waals surface area contributed by atoms with Crippen molar-refractivity contribution >= 4 is 60.5 Å². The maximum absolute atomic E-state index is 6.63. The van der Waals surface area contributed by atoms with Gasteiger partial charge in [-0.1, -0.05) is 158 Å². The van der Waals surface area contributed by atoms with Crippen molar-refractivity contribution < 1.29 is 4.42 Å². The van der Waals surface area contributed by atoms with Gasteiger partial charge in [-0.05, 0) is 86.4 Å². The van der Waals surface area contributed by atoms with Crippen molar-refractivity contribution in [3.63, 3.8) is 0 Å². The molecule has 10 rings (SSSR count). The molecule has 0 aliphatic heterocycles. The molecule has 2 nitrogen and oxygen atoms in total. The van der Waals surface area contributed by atoms with Crippen LogP contribution in [0.15, 0.2) is 205 Å². The number of furan rings is 1. The van der Waals surface area contributed by atoms with Crippen LogP contribution in [0.3, 0.4) is 0 Å². The highest BCUT2D eigenvalue weighted by Crippen LogP contribution is 2.48. The average molecular weight is 664 g/mol. The fourth-order valence-electron chi connectivity index (χ4n) is 7.81. The highest BCUT2D eigenvalue weighted by Gasteiger charge is 2.22. The van der Waals surface area contributed by atoms with Crippen LogP contribution in [0.5, 0.6) is 0 Å². The van der Waals surface area contributed by atoms with E-state index in [1.165, 1.54) is 44.0 Å². The minimum Gasteiger partial charge on any atom is -0.455 e. The van der Waals surface area contributed by atoms with Crippen molar-refractivity contribution in [2.45, 2.75) is 0 Å². The largest absolute Gasteiger partial charge is 0.455 e. The van der Waals surface area contributed by atoms with E-state index in [4.69, 9.17) is 4.42 Å². The van der Waals surface area contributed by atoms with E-state index in [-0.39, 0.29) is 0 Å². The maximum Gasteiger partial charge on any atom is 0.143 e. The molecule has 0 aliphatic carbocycles. The summed E-state index contributed by atoms with van der Waals surface area (Å²) in [6.45, 7) is 0. The van der Waals surface area contributed by atoms with Crippen LogP contribution in [0.4, 0.5) is 17.1 Å². The number of anilines is 3. The molecule has 0 fully saturated rings. The van der Waals surface area contributed by atoms with Crippen molar-refractivity contribution in [2.75, 3.05) is 4.90 Å². The van der Waals surface area contributed by atoms with E-state index in [0.717, 1.165) is 50.0 Å². The highest BCUT2D eigenvalue weighted by molar-refractivity contribution is 6.26. The lowest BCUT2D eigenvalue weighted by Gasteiger charge is -2.26. The lowest BCUT2D eigenvalue weighted by Crippen LogP contribution is -2.09. The second kappa shape index (κ2) is 12.5. The zero-order chi connectivity index (χ0) is 34.4. The first-order valence-corrected chi connectivity index (χ1v) is 17.8. The summed E-state index contributed by atoms with van der Waals surface area (Å²) in [4.78, 5) is 2.36. The molecular weight excluding hydrogens is 631 g/mol. The van der Waals surface area contributed by atoms with E-state index < -0.39 is 0 Å². The Balaban J connectivity index is 1.17. The van der Waals surface area contributed by atoms with Gasteiger partial charge in [-0.25, -0.2) is 0 Å². The van der Waals surface area contributed by atoms with Crippen molar-refractivity contribution in [1.82, 2.24) is 0 Å². The first-order valence-electron chi connectivity index (χ1n) is 17.8. The van der Waals surface area contributed by atoms with Crippen LogP contribution in [-0.2, 0) is 0 Å². The number of para-hydroxylation sites is 1. The molecule has 52 heavy (non-hydrogen) atoms. The molecule has 0 saturated heterocycles. The molecule has 9 aromatic carbocycles. The predicted octanol–water partition coefficient (Wildman–Crippen LogP) is 14.4. The van der Waals surface area contributed by atoms with Gasteiger partial charge >= 0.3 is 0 Å². The molecule has 1 aromatic heterocycles. The van der Waals surface area contributed by atoms with Crippen LogP contribution in [0.2, 0.25) is 0 Å². The predicted molar refractivity (Wildman–Crippen MR) is 220 cm³/mol. The van der Waals surface area contributed by atoms with Crippen LogP contribution in [0.25, 0.3) is 76.9 Å². The SMILES string of the molecule is c1ccc(-c2ccc(N(c3ccc(-c4c(-c5ccccc5)c5c6ccccc6oc5c5ccccc45)cc3)c3ccc4ccccc4c3)cc2)cc1. The number of fused-ring (bicyclic) bond motifs is 6. The van der Waals surface area contributed by atoms with Crippen LogP contribution in [-0.4, -0.2) is 0 Å². The monoisotopic (exact) mass is 663 g/mol. The highest BCUT2D eigenvalue weighted by atomic mass is 16.3. The standard InChI is InChI=1S/C50H33NO/c1-3-13-34(14-4-1)36-23-28-40(29-24-36)51(42-32-25-35-15-7-8-18-39(35)33-42)41-30-26-38(27-31-41)47-43-19-9-10-20-44(43)50-49(45-21-11-12-22-46(45)52-50)48(47)37-16-5-2-6-17-37/h1-33H. The van der Waals surface area contributed by atoms with Crippen LogP contribution in [0.1, 0.15) is 0 Å². The average Bonchev–Trinajstić information content (AvgIpc) is 3.61. The van der Waals surface area contributed by atoms with Crippen molar-refractivity contribution in [3.05, 3.63) is 200 Å². The first kappa shape index (κ1) is 30.0.